The molecule has 0 heterocycles. The van der Waals surface area contributed by atoms with Crippen LogP contribution >= 0.6 is 0 Å². The Kier molecular flexibility index (Phi) is 9.75. The van der Waals surface area contributed by atoms with Gasteiger partial charge in [0.15, 0.2) is 0 Å². The molecule has 0 fully saturated rings. The van der Waals surface area contributed by atoms with Crippen molar-refractivity contribution >= 4 is 11.4 Å². The second-order valence-electron chi connectivity index (χ2n) is 5.59. The number of rotatable bonds is 11. The van der Waals surface area contributed by atoms with Crippen LogP contribution in [0.25, 0.3) is 0 Å². The zero-order chi connectivity index (χ0) is 16.0. The van der Waals surface area contributed by atoms with E-state index < -0.39 is 0 Å². The van der Waals surface area contributed by atoms with E-state index in [-0.39, 0.29) is 0 Å². The molecule has 1 aromatic carbocycles. The summed E-state index contributed by atoms with van der Waals surface area (Å²) in [6, 6.07) is 9.31. The molecular formula is C18H28N2O2. The zero-order valence-electron chi connectivity index (χ0n) is 13.5. The third-order valence-corrected chi connectivity index (χ3v) is 3.81. The van der Waals surface area contributed by atoms with Gasteiger partial charge in [-0.15, -0.1) is 0 Å². The quantitative estimate of drug-likeness (QED) is 0.254. The summed E-state index contributed by atoms with van der Waals surface area (Å²) in [5.74, 6) is 0. The van der Waals surface area contributed by atoms with E-state index in [1.807, 2.05) is 30.3 Å². The summed E-state index contributed by atoms with van der Waals surface area (Å²) in [6.07, 6.45) is 10.4. The van der Waals surface area contributed by atoms with Crippen molar-refractivity contribution in [3.63, 3.8) is 0 Å². The Bertz CT molecular complexity index is 455. The normalized spacial score (nSPS) is 12.6. The number of oxime groups is 2. The highest BCUT2D eigenvalue weighted by atomic mass is 16.4. The Morgan fingerprint density at radius 1 is 0.818 bits per heavy atom. The lowest BCUT2D eigenvalue weighted by molar-refractivity contribution is 0.313. The van der Waals surface area contributed by atoms with Crippen LogP contribution < -0.4 is 0 Å². The molecule has 0 aliphatic heterocycles. The van der Waals surface area contributed by atoms with Crippen LogP contribution in [0.5, 0.6) is 0 Å². The van der Waals surface area contributed by atoms with Crippen molar-refractivity contribution in [3.8, 4) is 0 Å². The third kappa shape index (κ3) is 6.74. The Hall–Kier alpha value is -1.84. The predicted molar refractivity (Wildman–Crippen MR) is 91.2 cm³/mol. The van der Waals surface area contributed by atoms with Gasteiger partial charge in [0, 0.05) is 5.56 Å². The highest BCUT2D eigenvalue weighted by Crippen LogP contribution is 2.12. The molecule has 0 aromatic heterocycles. The van der Waals surface area contributed by atoms with Crippen LogP contribution in [0.15, 0.2) is 40.6 Å². The second kappa shape index (κ2) is 11.8. The third-order valence-electron chi connectivity index (χ3n) is 3.81. The van der Waals surface area contributed by atoms with E-state index in [1.165, 1.54) is 38.5 Å². The molecule has 4 nitrogen and oxygen atoms in total. The maximum absolute atomic E-state index is 9.20. The van der Waals surface area contributed by atoms with E-state index in [9.17, 15) is 10.4 Å². The summed E-state index contributed by atoms with van der Waals surface area (Å²) in [6.45, 7) is 2.22. The second-order valence-corrected chi connectivity index (χ2v) is 5.59. The van der Waals surface area contributed by atoms with Gasteiger partial charge < -0.3 is 10.4 Å². The molecule has 0 amide bonds. The molecule has 0 unspecified atom stereocenters. The molecule has 0 bridgehead atoms. The van der Waals surface area contributed by atoms with E-state index in [4.69, 9.17) is 0 Å². The van der Waals surface area contributed by atoms with Crippen LogP contribution in [0, 0.1) is 0 Å². The average Bonchev–Trinajstić information content (AvgIpc) is 2.57. The maximum Gasteiger partial charge on any atom is 0.134 e. The van der Waals surface area contributed by atoms with Gasteiger partial charge in [-0.3, -0.25) is 0 Å². The minimum atomic E-state index is 0.353. The van der Waals surface area contributed by atoms with Gasteiger partial charge in [0.1, 0.15) is 11.4 Å². The summed E-state index contributed by atoms with van der Waals surface area (Å²) in [7, 11) is 0. The molecule has 0 aliphatic carbocycles. The molecule has 0 saturated carbocycles. The predicted octanol–water partition coefficient (Wildman–Crippen LogP) is 5.23. The number of hydrogen-bond acceptors (Lipinski definition) is 4. The molecule has 0 saturated heterocycles. The van der Waals surface area contributed by atoms with Crippen LogP contribution in [0.3, 0.4) is 0 Å². The van der Waals surface area contributed by atoms with E-state index in [2.05, 4.69) is 17.2 Å². The summed E-state index contributed by atoms with van der Waals surface area (Å²) in [5, 5.41) is 25.0. The number of unbranched alkanes of at least 4 members (excludes halogenated alkanes) is 7. The fourth-order valence-corrected chi connectivity index (χ4v) is 2.52. The molecular weight excluding hydrogens is 276 g/mol. The topological polar surface area (TPSA) is 65.2 Å². The Morgan fingerprint density at radius 3 is 1.95 bits per heavy atom. The maximum atomic E-state index is 9.20. The first-order chi connectivity index (χ1) is 10.8. The average molecular weight is 304 g/mol. The van der Waals surface area contributed by atoms with Crippen molar-refractivity contribution in [2.45, 2.75) is 64.7 Å². The fraction of sp³-hybridized carbons (Fsp3) is 0.556. The Morgan fingerprint density at radius 2 is 1.41 bits per heavy atom. The van der Waals surface area contributed by atoms with Gasteiger partial charge in [-0.2, -0.15) is 0 Å². The lowest BCUT2D eigenvalue weighted by Crippen LogP contribution is -2.16. The standard InChI is InChI=1S/C18H28N2O2/c1-2-3-4-5-6-7-8-12-15-17(19-21)18(20-22)16-13-10-9-11-14-16/h9-11,13-14,21-22H,2-8,12,15H2,1H3. The van der Waals surface area contributed by atoms with E-state index in [1.54, 1.807) is 0 Å². The molecule has 0 spiro atoms. The molecule has 4 heteroatoms. The van der Waals surface area contributed by atoms with Crippen molar-refractivity contribution in [2.75, 3.05) is 0 Å². The van der Waals surface area contributed by atoms with Crippen LogP contribution in [0.2, 0.25) is 0 Å². The summed E-state index contributed by atoms with van der Waals surface area (Å²) in [4.78, 5) is 0. The minimum absolute atomic E-state index is 0.353. The van der Waals surface area contributed by atoms with Crippen LogP contribution in [-0.4, -0.2) is 21.8 Å². The van der Waals surface area contributed by atoms with Crippen LogP contribution in [0.1, 0.15) is 70.3 Å². The largest absolute Gasteiger partial charge is 0.411 e. The monoisotopic (exact) mass is 304 g/mol. The molecule has 0 aliphatic rings. The highest BCUT2D eigenvalue weighted by molar-refractivity contribution is 6.48. The fourth-order valence-electron chi connectivity index (χ4n) is 2.52. The molecule has 122 valence electrons. The summed E-state index contributed by atoms with van der Waals surface area (Å²) < 4.78 is 0. The summed E-state index contributed by atoms with van der Waals surface area (Å²) >= 11 is 0. The van der Waals surface area contributed by atoms with Crippen molar-refractivity contribution < 1.29 is 10.4 Å². The molecule has 0 atom stereocenters. The van der Waals surface area contributed by atoms with Gasteiger partial charge in [0.25, 0.3) is 0 Å². The smallest absolute Gasteiger partial charge is 0.134 e. The number of benzene rings is 1. The van der Waals surface area contributed by atoms with Gasteiger partial charge in [-0.25, -0.2) is 0 Å². The molecule has 2 N–H and O–H groups in total. The van der Waals surface area contributed by atoms with Crippen LogP contribution in [0.4, 0.5) is 0 Å². The van der Waals surface area contributed by atoms with Gasteiger partial charge in [-0.1, -0.05) is 92.5 Å². The Labute approximate surface area is 133 Å². The lowest BCUT2D eigenvalue weighted by atomic mass is 10.0. The van der Waals surface area contributed by atoms with Crippen molar-refractivity contribution in [1.29, 1.82) is 0 Å². The van der Waals surface area contributed by atoms with E-state index in [0.29, 0.717) is 17.8 Å². The number of hydrogen-bond donors (Lipinski definition) is 2. The van der Waals surface area contributed by atoms with Crippen molar-refractivity contribution in [3.05, 3.63) is 35.9 Å². The molecule has 1 aromatic rings. The van der Waals surface area contributed by atoms with Crippen LogP contribution in [-0.2, 0) is 0 Å². The zero-order valence-corrected chi connectivity index (χ0v) is 13.5. The molecule has 0 radical (unpaired) electrons. The van der Waals surface area contributed by atoms with Gasteiger partial charge in [0.2, 0.25) is 0 Å². The van der Waals surface area contributed by atoms with Gasteiger partial charge >= 0.3 is 0 Å². The highest BCUT2D eigenvalue weighted by Gasteiger charge is 2.12. The van der Waals surface area contributed by atoms with Gasteiger partial charge in [-0.05, 0) is 12.8 Å². The Balaban J connectivity index is 2.33. The molecule has 1 rings (SSSR count). The lowest BCUT2D eigenvalue weighted by Gasteiger charge is -2.07. The molecule has 22 heavy (non-hydrogen) atoms. The van der Waals surface area contributed by atoms with E-state index >= 15 is 0 Å². The summed E-state index contributed by atoms with van der Waals surface area (Å²) in [5.41, 5.74) is 1.56. The first-order valence-corrected chi connectivity index (χ1v) is 8.32. The van der Waals surface area contributed by atoms with Gasteiger partial charge in [0.05, 0.1) is 0 Å². The van der Waals surface area contributed by atoms with Crippen molar-refractivity contribution in [2.24, 2.45) is 10.3 Å². The number of nitrogens with zero attached hydrogens (tertiary/aromatic N) is 2. The SMILES string of the molecule is CCCCCCCCCCC(=NO)C(=NO)c1ccccc1. The minimum Gasteiger partial charge on any atom is -0.411 e. The van der Waals surface area contributed by atoms with Crippen molar-refractivity contribution in [1.82, 2.24) is 0 Å². The first kappa shape index (κ1) is 18.2. The van der Waals surface area contributed by atoms with E-state index in [0.717, 1.165) is 18.4 Å². The first-order valence-electron chi connectivity index (χ1n) is 8.32.